The number of ketones is 1. The summed E-state index contributed by atoms with van der Waals surface area (Å²) in [6.07, 6.45) is 0.708. The first-order valence-corrected chi connectivity index (χ1v) is 10.1. The maximum absolute atomic E-state index is 12.5. The molecule has 2 aromatic rings. The minimum absolute atomic E-state index is 0.0673. The standard InChI is InChI=1S/C19H21N3O6S/c1-3-15(24)22-19-21-12-7-10(8-13(23)16(12)29-19)17(25)20-9-11-5-6-14(28-11)18(26)27-4-2/h5-6,10H,3-4,7-9H2,1-2H3,(H,20,25)(H,21,22,24)/t10-/m1/s1. The zero-order chi connectivity index (χ0) is 21.0. The number of nitrogens with zero attached hydrogens (tertiary/aromatic N) is 1. The summed E-state index contributed by atoms with van der Waals surface area (Å²) in [4.78, 5) is 52.8. The number of carbonyl (C=O) groups excluding carboxylic acids is 4. The molecule has 0 unspecified atom stereocenters. The number of fused-ring (bicyclic) bond motifs is 1. The van der Waals surface area contributed by atoms with Gasteiger partial charge in [-0.15, -0.1) is 0 Å². The third-order valence-electron chi connectivity index (χ3n) is 4.34. The number of thiazole rings is 1. The Labute approximate surface area is 170 Å². The summed E-state index contributed by atoms with van der Waals surface area (Å²) in [5.41, 5.74) is 0.528. The molecule has 2 amide bonds. The lowest BCUT2D eigenvalue weighted by atomic mass is 9.89. The van der Waals surface area contributed by atoms with E-state index in [-0.39, 0.29) is 42.9 Å². The molecule has 10 heteroatoms. The first-order valence-electron chi connectivity index (χ1n) is 9.27. The van der Waals surface area contributed by atoms with E-state index in [4.69, 9.17) is 9.15 Å². The van der Waals surface area contributed by atoms with Crippen molar-refractivity contribution in [2.24, 2.45) is 5.92 Å². The van der Waals surface area contributed by atoms with Crippen LogP contribution in [0, 0.1) is 5.92 Å². The summed E-state index contributed by atoms with van der Waals surface area (Å²) in [5.74, 6) is -1.29. The van der Waals surface area contributed by atoms with E-state index in [0.717, 1.165) is 11.3 Å². The number of amides is 2. The molecule has 0 radical (unpaired) electrons. The van der Waals surface area contributed by atoms with Gasteiger partial charge in [-0.05, 0) is 19.1 Å². The summed E-state index contributed by atoms with van der Waals surface area (Å²) in [6.45, 7) is 3.75. The van der Waals surface area contributed by atoms with Gasteiger partial charge in [0.2, 0.25) is 17.6 Å². The molecule has 0 aliphatic heterocycles. The smallest absolute Gasteiger partial charge is 0.374 e. The first-order chi connectivity index (χ1) is 13.9. The van der Waals surface area contributed by atoms with Gasteiger partial charge >= 0.3 is 5.97 Å². The van der Waals surface area contributed by atoms with E-state index < -0.39 is 11.9 Å². The zero-order valence-corrected chi connectivity index (χ0v) is 16.9. The minimum atomic E-state index is -0.565. The molecule has 0 saturated carbocycles. The highest BCUT2D eigenvalue weighted by molar-refractivity contribution is 7.17. The topological polar surface area (TPSA) is 128 Å². The maximum atomic E-state index is 12.5. The Morgan fingerprint density at radius 2 is 2.07 bits per heavy atom. The minimum Gasteiger partial charge on any atom is -0.460 e. The molecule has 29 heavy (non-hydrogen) atoms. The molecule has 3 rings (SSSR count). The number of ether oxygens (including phenoxy) is 1. The Morgan fingerprint density at radius 3 is 2.79 bits per heavy atom. The van der Waals surface area contributed by atoms with Crippen LogP contribution in [-0.4, -0.2) is 35.2 Å². The molecule has 1 aliphatic carbocycles. The largest absolute Gasteiger partial charge is 0.460 e. The van der Waals surface area contributed by atoms with E-state index in [1.54, 1.807) is 19.9 Å². The van der Waals surface area contributed by atoms with Gasteiger partial charge in [0.25, 0.3) is 0 Å². The molecular formula is C19H21N3O6S. The average Bonchev–Trinajstić information content (AvgIpc) is 3.33. The van der Waals surface area contributed by atoms with Gasteiger partial charge in [0.15, 0.2) is 10.9 Å². The third kappa shape index (κ3) is 4.89. The lowest BCUT2D eigenvalue weighted by Crippen LogP contribution is -2.35. The van der Waals surface area contributed by atoms with Crippen LogP contribution in [0.25, 0.3) is 0 Å². The Hall–Kier alpha value is -3.01. The van der Waals surface area contributed by atoms with E-state index in [1.165, 1.54) is 6.07 Å². The monoisotopic (exact) mass is 419 g/mol. The molecule has 0 spiro atoms. The number of hydrogen-bond donors (Lipinski definition) is 2. The number of hydrogen-bond acceptors (Lipinski definition) is 8. The number of Topliss-reactive ketones (excluding diaryl/α,β-unsaturated/α-hetero) is 1. The number of anilines is 1. The van der Waals surface area contributed by atoms with Crippen molar-refractivity contribution >= 4 is 40.0 Å². The normalized spacial score (nSPS) is 15.5. The first kappa shape index (κ1) is 20.7. The summed E-state index contributed by atoms with van der Waals surface area (Å²) in [5, 5.41) is 5.74. The van der Waals surface area contributed by atoms with Crippen LogP contribution in [0.1, 0.15) is 58.4 Å². The molecular weight excluding hydrogens is 398 g/mol. The number of carbonyl (C=O) groups is 4. The van der Waals surface area contributed by atoms with Crippen molar-refractivity contribution in [2.75, 3.05) is 11.9 Å². The van der Waals surface area contributed by atoms with Crippen LogP contribution in [0.4, 0.5) is 5.13 Å². The van der Waals surface area contributed by atoms with Crippen LogP contribution < -0.4 is 10.6 Å². The maximum Gasteiger partial charge on any atom is 0.374 e. The summed E-state index contributed by atoms with van der Waals surface area (Å²) < 4.78 is 10.2. The van der Waals surface area contributed by atoms with Crippen molar-refractivity contribution < 1.29 is 28.3 Å². The molecule has 2 aromatic heterocycles. The molecule has 0 fully saturated rings. The van der Waals surface area contributed by atoms with Gasteiger partial charge in [0, 0.05) is 19.3 Å². The van der Waals surface area contributed by atoms with Crippen LogP contribution in [0.5, 0.6) is 0 Å². The van der Waals surface area contributed by atoms with Crippen LogP contribution in [0.3, 0.4) is 0 Å². The molecule has 1 atom stereocenters. The van der Waals surface area contributed by atoms with Crippen molar-refractivity contribution in [2.45, 2.75) is 39.7 Å². The van der Waals surface area contributed by atoms with Gasteiger partial charge in [-0.25, -0.2) is 9.78 Å². The van der Waals surface area contributed by atoms with Gasteiger partial charge in [0.05, 0.1) is 29.6 Å². The molecule has 0 aromatic carbocycles. The Balaban J connectivity index is 1.59. The van der Waals surface area contributed by atoms with Crippen molar-refractivity contribution in [3.8, 4) is 0 Å². The zero-order valence-electron chi connectivity index (χ0n) is 16.1. The molecule has 2 heterocycles. The van der Waals surface area contributed by atoms with Crippen LogP contribution in [-0.2, 0) is 27.3 Å². The lowest BCUT2D eigenvalue weighted by molar-refractivity contribution is -0.125. The number of furan rings is 1. The second kappa shape index (κ2) is 8.99. The van der Waals surface area contributed by atoms with Gasteiger partial charge in [0.1, 0.15) is 5.76 Å². The molecule has 0 saturated heterocycles. The highest BCUT2D eigenvalue weighted by Gasteiger charge is 2.33. The second-order valence-corrected chi connectivity index (χ2v) is 7.43. The van der Waals surface area contributed by atoms with Gasteiger partial charge in [-0.1, -0.05) is 18.3 Å². The third-order valence-corrected chi connectivity index (χ3v) is 5.39. The number of aromatic nitrogens is 1. The molecule has 2 N–H and O–H groups in total. The van der Waals surface area contributed by atoms with E-state index in [1.807, 2.05) is 0 Å². The number of rotatable bonds is 7. The molecule has 9 nitrogen and oxygen atoms in total. The van der Waals surface area contributed by atoms with Crippen molar-refractivity contribution in [3.63, 3.8) is 0 Å². The molecule has 1 aliphatic rings. The predicted octanol–water partition coefficient (Wildman–Crippen LogP) is 2.32. The summed E-state index contributed by atoms with van der Waals surface area (Å²) >= 11 is 1.14. The van der Waals surface area contributed by atoms with Gasteiger partial charge in [-0.2, -0.15) is 0 Å². The number of nitrogens with one attached hydrogen (secondary N) is 2. The van der Waals surface area contributed by atoms with Crippen molar-refractivity contribution in [1.29, 1.82) is 0 Å². The van der Waals surface area contributed by atoms with Gasteiger partial charge in [-0.3, -0.25) is 14.4 Å². The second-order valence-electron chi connectivity index (χ2n) is 6.43. The quantitative estimate of drug-likeness (QED) is 0.659. The van der Waals surface area contributed by atoms with Crippen molar-refractivity contribution in [1.82, 2.24) is 10.3 Å². The van der Waals surface area contributed by atoms with Crippen LogP contribution in [0.15, 0.2) is 16.5 Å². The average molecular weight is 419 g/mol. The summed E-state index contributed by atoms with van der Waals surface area (Å²) in [6, 6.07) is 3.07. The predicted molar refractivity (Wildman–Crippen MR) is 104 cm³/mol. The Morgan fingerprint density at radius 1 is 1.28 bits per heavy atom. The van der Waals surface area contributed by atoms with E-state index >= 15 is 0 Å². The van der Waals surface area contributed by atoms with Crippen LogP contribution in [0.2, 0.25) is 0 Å². The van der Waals surface area contributed by atoms with Crippen LogP contribution >= 0.6 is 11.3 Å². The van der Waals surface area contributed by atoms with Gasteiger partial charge < -0.3 is 19.8 Å². The van der Waals surface area contributed by atoms with E-state index in [2.05, 4.69) is 15.6 Å². The Bertz CT molecular complexity index is 948. The number of esters is 1. The lowest BCUT2D eigenvalue weighted by Gasteiger charge is -2.19. The highest BCUT2D eigenvalue weighted by atomic mass is 32.1. The summed E-state index contributed by atoms with van der Waals surface area (Å²) in [7, 11) is 0. The Kier molecular flexibility index (Phi) is 6.42. The SMILES string of the molecule is CCOC(=O)c1ccc(CNC(=O)[C@H]2CC(=O)c3sc(NC(=O)CC)nc3C2)o1. The highest BCUT2D eigenvalue weighted by Crippen LogP contribution is 2.32. The molecule has 154 valence electrons. The van der Waals surface area contributed by atoms with E-state index in [9.17, 15) is 19.2 Å². The fourth-order valence-electron chi connectivity index (χ4n) is 2.88. The fourth-order valence-corrected chi connectivity index (χ4v) is 3.84. The molecule has 0 bridgehead atoms. The van der Waals surface area contributed by atoms with E-state index in [0.29, 0.717) is 34.3 Å². The van der Waals surface area contributed by atoms with Crippen molar-refractivity contribution in [3.05, 3.63) is 34.2 Å². The fraction of sp³-hybridized carbons (Fsp3) is 0.421.